The van der Waals surface area contributed by atoms with E-state index in [0.717, 1.165) is 122 Å². The lowest BCUT2D eigenvalue weighted by atomic mass is 9.82. The maximum Gasteiger partial charge on any atom is 0.416 e. The zero-order valence-electron chi connectivity index (χ0n) is 70.2. The summed E-state index contributed by atoms with van der Waals surface area (Å²) in [6, 6.07) is 25.5. The van der Waals surface area contributed by atoms with Gasteiger partial charge in [0.05, 0.1) is 51.9 Å². The summed E-state index contributed by atoms with van der Waals surface area (Å²) in [5.74, 6) is 1.25. The van der Waals surface area contributed by atoms with Crippen molar-refractivity contribution in [2.45, 2.75) is 189 Å². The normalized spacial score (nSPS) is 20.4. The van der Waals surface area contributed by atoms with Crippen LogP contribution in [0.4, 0.5) is 44.3 Å². The van der Waals surface area contributed by atoms with E-state index in [2.05, 4.69) is 140 Å². The molecule has 3 unspecified atom stereocenters. The van der Waals surface area contributed by atoms with Crippen LogP contribution in [0.2, 0.25) is 0 Å². The number of halogens is 12. The topological polar surface area (TPSA) is 196 Å². The number of piperidine rings is 3. The highest BCUT2D eigenvalue weighted by molar-refractivity contribution is 9.11. The fourth-order valence-electron chi connectivity index (χ4n) is 17.5. The third-order valence-corrected chi connectivity index (χ3v) is 25.9. The van der Waals surface area contributed by atoms with Crippen molar-refractivity contribution in [2.75, 3.05) is 98.2 Å². The SMILES string of the molecule is CC(=O)N1CCC(CC(=O)N2CCN(C(c3ccc(C(F)(F)F)cc3)c3ccc(Br)cn3)C[C@@H]2C(C)(C)C)CC1.CC(=O)N1CCC(CC(=O)N2CCN(C(c3ccc(C(F)(F)F)cc3)c3ccc(Br)cn3)C[C@@H]2C(C)(C)C)CC1.CC(C)(C)[C@H]1CN(C(c2ccc(C(F)(F)F)cc2)c2ccc(Br)cn2)CCN1C(=O)CC1CCN(C(N)=O)CC1. The monoisotopic (exact) mass is 1870 g/mol. The van der Waals surface area contributed by atoms with Crippen LogP contribution in [0.5, 0.6) is 0 Å². The molecule has 654 valence electrons. The van der Waals surface area contributed by atoms with E-state index in [0.29, 0.717) is 117 Å². The Balaban J connectivity index is 0.000000189. The summed E-state index contributed by atoms with van der Waals surface area (Å²) < 4.78 is 122. The van der Waals surface area contributed by atoms with Crippen molar-refractivity contribution in [2.24, 2.45) is 39.7 Å². The van der Waals surface area contributed by atoms with E-state index in [1.54, 1.807) is 37.3 Å². The molecule has 6 fully saturated rings. The molecule has 0 bridgehead atoms. The lowest BCUT2D eigenvalue weighted by Gasteiger charge is -2.49. The molecule has 0 saturated carbocycles. The van der Waals surface area contributed by atoms with Crippen LogP contribution in [0.3, 0.4) is 0 Å². The van der Waals surface area contributed by atoms with Gasteiger partial charge in [-0.15, -0.1) is 0 Å². The Labute approximate surface area is 724 Å². The van der Waals surface area contributed by atoms with Gasteiger partial charge in [0.1, 0.15) is 0 Å². The van der Waals surface area contributed by atoms with Gasteiger partial charge in [-0.1, -0.05) is 98.7 Å². The van der Waals surface area contributed by atoms with E-state index < -0.39 is 41.3 Å². The van der Waals surface area contributed by atoms with Crippen LogP contribution in [-0.2, 0) is 42.5 Å². The smallest absolute Gasteiger partial charge is 0.351 e. The molecule has 6 aromatic rings. The first-order valence-electron chi connectivity index (χ1n) is 41.2. The van der Waals surface area contributed by atoms with Crippen molar-refractivity contribution in [1.82, 2.24) is 59.1 Å². The predicted molar refractivity (Wildman–Crippen MR) is 453 cm³/mol. The van der Waals surface area contributed by atoms with Crippen LogP contribution in [0, 0.1) is 34.0 Å². The quantitative estimate of drug-likeness (QED) is 0.0957. The highest BCUT2D eigenvalue weighted by Crippen LogP contribution is 2.43. The minimum Gasteiger partial charge on any atom is -0.351 e. The summed E-state index contributed by atoms with van der Waals surface area (Å²) in [7, 11) is 0. The number of hydrogen-bond acceptors (Lipinski definition) is 12. The second-order valence-electron chi connectivity index (χ2n) is 35.9. The van der Waals surface area contributed by atoms with Crippen molar-refractivity contribution in [1.29, 1.82) is 0 Å². The maximum atomic E-state index is 13.6. The average molecular weight is 1870 g/mol. The maximum absolute atomic E-state index is 13.6. The molecule has 3 aromatic heterocycles. The van der Waals surface area contributed by atoms with E-state index in [4.69, 9.17) is 5.73 Å². The number of nitrogens with zero attached hydrogens (tertiary/aromatic N) is 12. The molecule has 0 radical (unpaired) electrons. The van der Waals surface area contributed by atoms with Crippen LogP contribution in [0.1, 0.15) is 203 Å². The summed E-state index contributed by atoms with van der Waals surface area (Å²) in [6.45, 7) is 31.1. The number of amides is 7. The number of carbonyl (C=O) groups is 6. The Morgan fingerprint density at radius 3 is 0.783 bits per heavy atom. The van der Waals surface area contributed by atoms with Gasteiger partial charge in [-0.3, -0.25) is 53.6 Å². The number of likely N-dealkylation sites (tertiary alicyclic amines) is 3. The van der Waals surface area contributed by atoms with Crippen LogP contribution in [0.25, 0.3) is 0 Å². The van der Waals surface area contributed by atoms with Gasteiger partial charge in [0.15, 0.2) is 0 Å². The molecular formula is C89H113Br3F9N13O6. The number of carbonyl (C=O) groups excluding carboxylic acids is 6. The standard InChI is InChI=1S/2C30H38BrF3N4O2.C29H37BrF3N5O2/c2*1-20(39)36-13-11-21(12-14-36)17-27(40)38-16-15-37(19-26(38)29(2,3)4)28(25-10-9-24(31)18-35-25)22-5-7-23(8-6-22)30(32,33)34;1-28(2,3)24-18-37(14-15-38(24)25(39)16-19-10-12-36(13-11-19)27(34)40)26(23-9-8-22(30)17-35-23)20-4-6-21(7-5-20)29(31,32)33/h2*5-10,18,21,26,28H,11-17,19H2,1-4H3;4-9,17,19,24,26H,10-16,18H2,1-3H3,(H2,34,40)/t2*26-,28?;24-,26?/m111/s1. The summed E-state index contributed by atoms with van der Waals surface area (Å²) in [6.07, 6.45) is -1.96. The number of benzene rings is 3. The Kier molecular flexibility index (Phi) is 31.5. The van der Waals surface area contributed by atoms with E-state index in [1.807, 2.05) is 60.9 Å². The van der Waals surface area contributed by atoms with Crippen molar-refractivity contribution >= 4 is 83.4 Å². The number of piperazine rings is 3. The molecule has 0 spiro atoms. The van der Waals surface area contributed by atoms with E-state index in [1.165, 1.54) is 36.4 Å². The first-order valence-corrected chi connectivity index (χ1v) is 43.6. The van der Waals surface area contributed by atoms with Crippen LogP contribution in [-0.4, -0.2) is 211 Å². The zero-order valence-corrected chi connectivity index (χ0v) is 75.0. The van der Waals surface area contributed by atoms with E-state index in [-0.39, 0.29) is 99.8 Å². The number of aromatic nitrogens is 3. The molecule has 3 aromatic carbocycles. The van der Waals surface area contributed by atoms with Gasteiger partial charge in [-0.05, 0) is 210 Å². The lowest BCUT2D eigenvalue weighted by Crippen LogP contribution is -2.60. The summed E-state index contributed by atoms with van der Waals surface area (Å²) in [4.78, 5) is 108. The summed E-state index contributed by atoms with van der Waals surface area (Å²) in [5, 5.41) is 0. The Morgan fingerprint density at radius 2 is 0.592 bits per heavy atom. The molecule has 120 heavy (non-hydrogen) atoms. The molecule has 6 saturated heterocycles. The van der Waals surface area contributed by atoms with Crippen molar-refractivity contribution in [3.8, 4) is 0 Å². The number of alkyl halides is 9. The molecule has 9 heterocycles. The molecule has 19 nitrogen and oxygen atoms in total. The minimum atomic E-state index is -4.41. The largest absolute Gasteiger partial charge is 0.416 e. The van der Waals surface area contributed by atoms with Gasteiger partial charge in [-0.25, -0.2) is 4.79 Å². The molecular weight excluding hydrogens is 1760 g/mol. The van der Waals surface area contributed by atoms with Crippen LogP contribution < -0.4 is 5.73 Å². The van der Waals surface area contributed by atoms with Gasteiger partial charge in [0, 0.05) is 181 Å². The third kappa shape index (κ3) is 25.1. The van der Waals surface area contributed by atoms with Gasteiger partial charge in [-0.2, -0.15) is 39.5 Å². The van der Waals surface area contributed by atoms with Crippen LogP contribution in [0.15, 0.2) is 141 Å². The molecule has 12 rings (SSSR count). The van der Waals surface area contributed by atoms with Gasteiger partial charge >= 0.3 is 24.6 Å². The molecule has 7 amide bonds. The molecule has 31 heteroatoms. The predicted octanol–water partition coefficient (Wildman–Crippen LogP) is 18.0. The average Bonchev–Trinajstić information content (AvgIpc) is 0.781. The van der Waals surface area contributed by atoms with Crippen LogP contribution >= 0.6 is 47.8 Å². The number of pyridine rings is 3. The highest BCUT2D eigenvalue weighted by Gasteiger charge is 2.46. The number of rotatable bonds is 15. The van der Waals surface area contributed by atoms with Gasteiger partial charge < -0.3 is 35.1 Å². The summed E-state index contributed by atoms with van der Waals surface area (Å²) in [5.41, 5.74) is 7.07. The highest BCUT2D eigenvalue weighted by atomic mass is 79.9. The second kappa shape index (κ2) is 39.9. The Morgan fingerprint density at radius 1 is 0.358 bits per heavy atom. The van der Waals surface area contributed by atoms with Crippen molar-refractivity contribution < 1.29 is 68.3 Å². The third-order valence-electron chi connectivity index (χ3n) is 24.5. The zero-order chi connectivity index (χ0) is 87.7. The number of hydrogen-bond donors (Lipinski definition) is 1. The number of primary amides is 1. The Bertz CT molecular complexity index is 3970. The van der Waals surface area contributed by atoms with E-state index >= 15 is 0 Å². The summed E-state index contributed by atoms with van der Waals surface area (Å²) >= 11 is 10.3. The number of nitrogens with two attached hydrogens (primary N) is 1. The first-order chi connectivity index (χ1) is 56.2. The number of urea groups is 1. The molecule has 0 aliphatic carbocycles. The molecule has 6 atom stereocenters. The molecule has 2 N–H and O–H groups in total. The first kappa shape index (κ1) is 94.7. The van der Waals surface area contributed by atoms with Gasteiger partial charge in [0.25, 0.3) is 0 Å². The lowest BCUT2D eigenvalue weighted by molar-refractivity contribution is -0.142. The fraction of sp³-hybridized carbons (Fsp3) is 0.562. The van der Waals surface area contributed by atoms with E-state index in [9.17, 15) is 68.3 Å². The van der Waals surface area contributed by atoms with Gasteiger partial charge in [0.2, 0.25) is 29.5 Å². The van der Waals surface area contributed by atoms with Crippen molar-refractivity contribution in [3.63, 3.8) is 0 Å². The Hall–Kier alpha value is -7.58. The second-order valence-corrected chi connectivity index (χ2v) is 38.7. The molecule has 6 aliphatic heterocycles. The fourth-order valence-corrected chi connectivity index (χ4v) is 18.2. The minimum absolute atomic E-state index is 0.0801. The van der Waals surface area contributed by atoms with Crippen molar-refractivity contribution in [3.05, 3.63) is 192 Å². The molecule has 6 aliphatic rings.